The van der Waals surface area contributed by atoms with E-state index in [4.69, 9.17) is 4.74 Å². The number of halogens is 1. The number of rotatable bonds is 10. The second-order valence-electron chi connectivity index (χ2n) is 7.26. The van der Waals surface area contributed by atoms with Crippen molar-refractivity contribution in [1.82, 2.24) is 10.2 Å². The van der Waals surface area contributed by atoms with Crippen LogP contribution in [0.25, 0.3) is 0 Å². The highest BCUT2D eigenvalue weighted by Crippen LogP contribution is 2.22. The van der Waals surface area contributed by atoms with E-state index in [0.29, 0.717) is 34.9 Å². The van der Waals surface area contributed by atoms with Crippen molar-refractivity contribution in [1.29, 1.82) is 0 Å². The first-order chi connectivity index (χ1) is 15.6. The van der Waals surface area contributed by atoms with Crippen molar-refractivity contribution in [3.63, 3.8) is 0 Å². The van der Waals surface area contributed by atoms with E-state index in [0.717, 1.165) is 19.6 Å². The number of carbonyl (C=O) groups is 2. The first-order valence-corrected chi connectivity index (χ1v) is 10.8. The standard InChI is InChI=1S/C26H29N3O3.ClH/c1-3-29(4-2)18-17-27-25(30)20-13-15-22(16-14-20)28-26(31)21-9-8-12-24(19-21)32-23-10-6-5-7-11-23;/h5-16,19H,3-4,17-18H2,1-2H3,(H,27,30)(H,28,31);1H/p-1. The molecule has 0 fully saturated rings. The van der Waals surface area contributed by atoms with Gasteiger partial charge in [-0.1, -0.05) is 38.1 Å². The Hall–Kier alpha value is -3.35. The molecule has 0 radical (unpaired) electrons. The molecule has 33 heavy (non-hydrogen) atoms. The Balaban J connectivity index is 0.00000385. The monoisotopic (exact) mass is 466 g/mol. The maximum atomic E-state index is 12.6. The fourth-order valence-corrected chi connectivity index (χ4v) is 3.20. The molecule has 0 atom stereocenters. The van der Waals surface area contributed by atoms with E-state index >= 15 is 0 Å². The average Bonchev–Trinajstić information content (AvgIpc) is 2.83. The minimum Gasteiger partial charge on any atom is -1.00 e. The lowest BCUT2D eigenvalue weighted by Gasteiger charge is -2.18. The Morgan fingerprint density at radius 3 is 2.12 bits per heavy atom. The highest BCUT2D eigenvalue weighted by molar-refractivity contribution is 6.04. The van der Waals surface area contributed by atoms with Gasteiger partial charge in [-0.25, -0.2) is 0 Å². The molecule has 0 aliphatic heterocycles. The zero-order valence-corrected chi connectivity index (χ0v) is 19.6. The lowest BCUT2D eigenvalue weighted by atomic mass is 10.1. The molecule has 0 aliphatic carbocycles. The number of likely N-dealkylation sites (N-methyl/N-ethyl adjacent to an activating group) is 1. The quantitative estimate of drug-likeness (QED) is 0.478. The smallest absolute Gasteiger partial charge is 0.255 e. The summed E-state index contributed by atoms with van der Waals surface area (Å²) in [5, 5.41) is 5.78. The fraction of sp³-hybridized carbons (Fsp3) is 0.231. The molecule has 0 heterocycles. The van der Waals surface area contributed by atoms with Gasteiger partial charge >= 0.3 is 0 Å². The van der Waals surface area contributed by atoms with E-state index in [-0.39, 0.29) is 24.2 Å². The Bertz CT molecular complexity index is 1020. The van der Waals surface area contributed by atoms with Gasteiger partial charge in [-0.3, -0.25) is 9.59 Å². The molecule has 2 N–H and O–H groups in total. The molecule has 3 aromatic carbocycles. The minimum absolute atomic E-state index is 0. The lowest BCUT2D eigenvalue weighted by molar-refractivity contribution is -0.0000228. The summed E-state index contributed by atoms with van der Waals surface area (Å²) in [6.07, 6.45) is 0. The summed E-state index contributed by atoms with van der Waals surface area (Å²) in [5.74, 6) is 0.914. The van der Waals surface area contributed by atoms with Crippen LogP contribution in [0, 0.1) is 0 Å². The predicted molar refractivity (Wildman–Crippen MR) is 127 cm³/mol. The number of hydrogen-bond acceptors (Lipinski definition) is 4. The normalized spacial score (nSPS) is 10.3. The highest BCUT2D eigenvalue weighted by atomic mass is 35.5. The number of hydrogen-bond donors (Lipinski definition) is 2. The summed E-state index contributed by atoms with van der Waals surface area (Å²) in [4.78, 5) is 27.2. The fourth-order valence-electron chi connectivity index (χ4n) is 3.20. The van der Waals surface area contributed by atoms with Crippen molar-refractivity contribution in [2.75, 3.05) is 31.5 Å². The van der Waals surface area contributed by atoms with Crippen molar-refractivity contribution in [2.24, 2.45) is 0 Å². The summed E-state index contributed by atoms with van der Waals surface area (Å²) < 4.78 is 5.80. The molecule has 0 spiro atoms. The molecule has 3 aromatic rings. The molecular formula is C26H29ClN3O3-. The van der Waals surface area contributed by atoms with Gasteiger partial charge in [0.1, 0.15) is 11.5 Å². The van der Waals surface area contributed by atoms with Crippen LogP contribution in [-0.2, 0) is 0 Å². The Labute approximate surface area is 201 Å². The third-order valence-electron chi connectivity index (χ3n) is 5.09. The van der Waals surface area contributed by atoms with Gasteiger partial charge in [0.15, 0.2) is 0 Å². The first kappa shape index (κ1) is 25.9. The second-order valence-corrected chi connectivity index (χ2v) is 7.26. The van der Waals surface area contributed by atoms with Crippen LogP contribution in [-0.4, -0.2) is 42.9 Å². The number of benzene rings is 3. The third-order valence-corrected chi connectivity index (χ3v) is 5.09. The van der Waals surface area contributed by atoms with Crippen molar-refractivity contribution < 1.29 is 26.7 Å². The van der Waals surface area contributed by atoms with E-state index in [1.54, 1.807) is 48.5 Å². The molecule has 2 amide bonds. The van der Waals surface area contributed by atoms with Gasteiger partial charge in [-0.2, -0.15) is 0 Å². The number of anilines is 1. The van der Waals surface area contributed by atoms with Crippen molar-refractivity contribution >= 4 is 17.5 Å². The van der Waals surface area contributed by atoms with Crippen LogP contribution in [0.5, 0.6) is 11.5 Å². The number of nitrogens with zero attached hydrogens (tertiary/aromatic N) is 1. The molecule has 7 heteroatoms. The Morgan fingerprint density at radius 2 is 1.45 bits per heavy atom. The second kappa shape index (κ2) is 13.3. The highest BCUT2D eigenvalue weighted by Gasteiger charge is 2.10. The van der Waals surface area contributed by atoms with E-state index in [1.165, 1.54) is 0 Å². The number of carbonyl (C=O) groups excluding carboxylic acids is 2. The van der Waals surface area contributed by atoms with Gasteiger partial charge in [0.25, 0.3) is 11.8 Å². The largest absolute Gasteiger partial charge is 1.00 e. The van der Waals surface area contributed by atoms with Gasteiger partial charge in [0.2, 0.25) is 0 Å². The molecule has 0 aromatic heterocycles. The van der Waals surface area contributed by atoms with Crippen LogP contribution in [0.3, 0.4) is 0 Å². The maximum absolute atomic E-state index is 12.6. The third kappa shape index (κ3) is 7.93. The van der Waals surface area contributed by atoms with E-state index in [2.05, 4.69) is 29.4 Å². The number of ether oxygens (including phenoxy) is 1. The predicted octanol–water partition coefficient (Wildman–Crippen LogP) is 1.81. The Morgan fingerprint density at radius 1 is 0.788 bits per heavy atom. The minimum atomic E-state index is -0.250. The van der Waals surface area contributed by atoms with Gasteiger partial charge in [-0.15, -0.1) is 0 Å². The molecule has 0 bridgehead atoms. The molecule has 0 saturated carbocycles. The van der Waals surface area contributed by atoms with E-state index < -0.39 is 0 Å². The zero-order chi connectivity index (χ0) is 22.8. The zero-order valence-electron chi connectivity index (χ0n) is 18.9. The van der Waals surface area contributed by atoms with Crippen LogP contribution < -0.4 is 27.8 Å². The SMILES string of the molecule is CCN(CC)CCNC(=O)c1ccc(NC(=O)c2cccc(Oc3ccccc3)c2)cc1.[Cl-]. The first-order valence-electron chi connectivity index (χ1n) is 10.8. The average molecular weight is 467 g/mol. The summed E-state index contributed by atoms with van der Waals surface area (Å²) in [6, 6.07) is 23.3. The topological polar surface area (TPSA) is 70.7 Å². The van der Waals surface area contributed by atoms with Crippen LogP contribution >= 0.6 is 0 Å². The molecule has 0 aliphatic rings. The molecule has 3 rings (SSSR count). The summed E-state index contributed by atoms with van der Waals surface area (Å²) >= 11 is 0. The van der Waals surface area contributed by atoms with Crippen LogP contribution in [0.2, 0.25) is 0 Å². The summed E-state index contributed by atoms with van der Waals surface area (Å²) in [7, 11) is 0. The van der Waals surface area contributed by atoms with Crippen molar-refractivity contribution in [3.05, 3.63) is 90.0 Å². The van der Waals surface area contributed by atoms with Crippen molar-refractivity contribution in [2.45, 2.75) is 13.8 Å². The van der Waals surface area contributed by atoms with Gasteiger partial charge in [0, 0.05) is 29.9 Å². The lowest BCUT2D eigenvalue weighted by Crippen LogP contribution is -3.00. The number of amides is 2. The Kier molecular flexibility index (Phi) is 10.4. The van der Waals surface area contributed by atoms with Crippen LogP contribution in [0.1, 0.15) is 34.6 Å². The van der Waals surface area contributed by atoms with Crippen molar-refractivity contribution in [3.8, 4) is 11.5 Å². The summed E-state index contributed by atoms with van der Waals surface area (Å²) in [5.41, 5.74) is 1.65. The van der Waals surface area contributed by atoms with Crippen LogP contribution in [0.15, 0.2) is 78.9 Å². The maximum Gasteiger partial charge on any atom is 0.255 e. The van der Waals surface area contributed by atoms with Gasteiger partial charge in [-0.05, 0) is 67.7 Å². The molecule has 0 unspecified atom stereocenters. The van der Waals surface area contributed by atoms with E-state index in [9.17, 15) is 9.59 Å². The molecule has 0 saturated heterocycles. The van der Waals surface area contributed by atoms with E-state index in [1.807, 2.05) is 30.3 Å². The van der Waals surface area contributed by atoms with Gasteiger partial charge < -0.3 is 32.7 Å². The number of para-hydroxylation sites is 1. The number of nitrogens with one attached hydrogen (secondary N) is 2. The molecular weight excluding hydrogens is 438 g/mol. The van der Waals surface area contributed by atoms with Crippen LogP contribution in [0.4, 0.5) is 5.69 Å². The molecule has 6 nitrogen and oxygen atoms in total. The molecule has 174 valence electrons. The summed E-state index contributed by atoms with van der Waals surface area (Å²) in [6.45, 7) is 7.54. The van der Waals surface area contributed by atoms with Gasteiger partial charge in [0.05, 0.1) is 0 Å².